The first kappa shape index (κ1) is 19.8. The molecule has 4 aromatic rings. The predicted molar refractivity (Wildman–Crippen MR) is 122 cm³/mol. The van der Waals surface area contributed by atoms with Crippen LogP contribution in [-0.4, -0.2) is 9.13 Å². The minimum absolute atomic E-state index is 0.121. The van der Waals surface area contributed by atoms with E-state index in [1.807, 2.05) is 50.2 Å². The lowest BCUT2D eigenvalue weighted by Crippen LogP contribution is -2.39. The highest BCUT2D eigenvalue weighted by Crippen LogP contribution is 2.21. The van der Waals surface area contributed by atoms with Crippen LogP contribution in [0.5, 0.6) is 0 Å². The third-order valence-electron chi connectivity index (χ3n) is 4.82. The second-order valence-corrected chi connectivity index (χ2v) is 7.59. The Hall–Kier alpha value is -3.55. The zero-order valence-corrected chi connectivity index (χ0v) is 17.4. The molecule has 0 fully saturated rings. The minimum atomic E-state index is -0.418. The van der Waals surface area contributed by atoms with Crippen molar-refractivity contribution in [1.82, 2.24) is 9.13 Å². The van der Waals surface area contributed by atoms with Crippen molar-refractivity contribution in [3.8, 4) is 17.5 Å². The van der Waals surface area contributed by atoms with Gasteiger partial charge in [0.1, 0.15) is 0 Å². The van der Waals surface area contributed by atoms with Crippen molar-refractivity contribution in [2.75, 3.05) is 0 Å². The molecule has 3 aromatic carbocycles. The first-order valence-electron chi connectivity index (χ1n) is 9.60. The van der Waals surface area contributed by atoms with Crippen LogP contribution in [0.3, 0.4) is 0 Å². The molecular weight excluding hydrogens is 396 g/mol. The molecule has 0 bridgehead atoms. The molecule has 0 saturated carbocycles. The van der Waals surface area contributed by atoms with Crippen molar-refractivity contribution >= 4 is 22.5 Å². The minimum Gasteiger partial charge on any atom is -0.290 e. The topological polar surface area (TPSA) is 44.0 Å². The van der Waals surface area contributed by atoms with Crippen molar-refractivity contribution in [3.63, 3.8) is 0 Å². The fourth-order valence-electron chi connectivity index (χ4n) is 3.43. The van der Waals surface area contributed by atoms with Crippen LogP contribution in [0, 0.1) is 11.8 Å². The first-order valence-corrected chi connectivity index (χ1v) is 9.98. The lowest BCUT2D eigenvalue weighted by atomic mass is 10.1. The Bertz CT molecular complexity index is 1420. The largest absolute Gasteiger partial charge is 0.336 e. The van der Waals surface area contributed by atoms with Gasteiger partial charge < -0.3 is 0 Å². The Labute approximate surface area is 179 Å². The number of nitrogens with zero attached hydrogens (tertiary/aromatic N) is 2. The van der Waals surface area contributed by atoms with Crippen LogP contribution in [0.4, 0.5) is 0 Å². The van der Waals surface area contributed by atoms with Crippen molar-refractivity contribution in [1.29, 1.82) is 0 Å². The number of rotatable bonds is 2. The maximum absolute atomic E-state index is 13.2. The quantitative estimate of drug-likeness (QED) is 0.443. The van der Waals surface area contributed by atoms with Crippen LogP contribution in [0.15, 0.2) is 82.4 Å². The zero-order valence-electron chi connectivity index (χ0n) is 16.6. The number of para-hydroxylation sites is 1. The van der Waals surface area contributed by atoms with E-state index in [4.69, 9.17) is 11.6 Å². The van der Waals surface area contributed by atoms with E-state index in [1.54, 1.807) is 41.0 Å². The SMILES string of the molecule is CC(C)n1c(=O)n(-c2ccc(C#Cc3ccccc3)cc2Cl)c(=O)c2ccccc21. The molecule has 0 aliphatic carbocycles. The lowest BCUT2D eigenvalue weighted by Gasteiger charge is -2.17. The average Bonchev–Trinajstić information content (AvgIpc) is 2.74. The molecule has 0 saturated heterocycles. The molecule has 0 atom stereocenters. The second kappa shape index (κ2) is 8.06. The van der Waals surface area contributed by atoms with Gasteiger partial charge in [-0.2, -0.15) is 0 Å². The van der Waals surface area contributed by atoms with E-state index in [0.717, 1.165) is 10.1 Å². The van der Waals surface area contributed by atoms with Crippen molar-refractivity contribution in [2.45, 2.75) is 19.9 Å². The summed E-state index contributed by atoms with van der Waals surface area (Å²) < 4.78 is 2.75. The molecule has 4 rings (SSSR count). The maximum atomic E-state index is 13.2. The van der Waals surface area contributed by atoms with E-state index >= 15 is 0 Å². The Morgan fingerprint density at radius 3 is 2.20 bits per heavy atom. The monoisotopic (exact) mass is 414 g/mol. The molecule has 0 unspecified atom stereocenters. The average molecular weight is 415 g/mol. The van der Waals surface area contributed by atoms with Gasteiger partial charge in [0.05, 0.1) is 21.6 Å². The van der Waals surface area contributed by atoms with E-state index in [9.17, 15) is 9.59 Å². The number of halogens is 1. The van der Waals surface area contributed by atoms with E-state index in [2.05, 4.69) is 11.8 Å². The van der Waals surface area contributed by atoms with Gasteiger partial charge in [-0.05, 0) is 56.3 Å². The highest BCUT2D eigenvalue weighted by Gasteiger charge is 2.17. The number of benzene rings is 3. The Morgan fingerprint density at radius 1 is 0.833 bits per heavy atom. The van der Waals surface area contributed by atoms with Crippen molar-refractivity contribution in [3.05, 3.63) is 110 Å². The summed E-state index contributed by atoms with van der Waals surface area (Å²) in [5, 5.41) is 0.759. The summed E-state index contributed by atoms with van der Waals surface area (Å²) in [4.78, 5) is 26.4. The van der Waals surface area contributed by atoms with Gasteiger partial charge in [0.25, 0.3) is 5.56 Å². The van der Waals surface area contributed by atoms with Crippen LogP contribution in [0.2, 0.25) is 5.02 Å². The van der Waals surface area contributed by atoms with E-state index in [-0.39, 0.29) is 6.04 Å². The summed E-state index contributed by atoms with van der Waals surface area (Å²) in [6, 6.07) is 21.7. The Morgan fingerprint density at radius 2 is 1.50 bits per heavy atom. The third-order valence-corrected chi connectivity index (χ3v) is 5.13. The number of fused-ring (bicyclic) bond motifs is 1. The van der Waals surface area contributed by atoms with Gasteiger partial charge in [0.15, 0.2) is 0 Å². The molecule has 5 heteroatoms. The van der Waals surface area contributed by atoms with Crippen molar-refractivity contribution < 1.29 is 0 Å². The summed E-state index contributed by atoms with van der Waals surface area (Å²) in [5.74, 6) is 6.14. The zero-order chi connectivity index (χ0) is 21.3. The fourth-order valence-corrected chi connectivity index (χ4v) is 3.69. The Balaban J connectivity index is 1.89. The molecule has 0 aliphatic heterocycles. The number of hydrogen-bond donors (Lipinski definition) is 0. The molecule has 148 valence electrons. The summed E-state index contributed by atoms with van der Waals surface area (Å²) in [7, 11) is 0. The van der Waals surface area contributed by atoms with Crippen molar-refractivity contribution in [2.24, 2.45) is 0 Å². The fraction of sp³-hybridized carbons (Fsp3) is 0.120. The molecule has 0 amide bonds. The van der Waals surface area contributed by atoms with Crippen LogP contribution in [0.25, 0.3) is 16.6 Å². The Kier molecular flexibility index (Phi) is 5.31. The molecule has 0 aliphatic rings. The van der Waals surface area contributed by atoms with Gasteiger partial charge in [-0.3, -0.25) is 9.36 Å². The van der Waals surface area contributed by atoms with Crippen LogP contribution in [-0.2, 0) is 0 Å². The van der Waals surface area contributed by atoms with Gasteiger partial charge in [-0.1, -0.05) is 53.8 Å². The summed E-state index contributed by atoms with van der Waals surface area (Å²) >= 11 is 6.50. The number of hydrogen-bond acceptors (Lipinski definition) is 2. The van der Waals surface area contributed by atoms with Gasteiger partial charge in [-0.15, -0.1) is 0 Å². The molecule has 1 aromatic heterocycles. The lowest BCUT2D eigenvalue weighted by molar-refractivity contribution is 0.570. The molecular formula is C25H19ClN2O2. The molecule has 0 N–H and O–H groups in total. The summed E-state index contributed by atoms with van der Waals surface area (Å²) in [5.41, 5.74) is 1.74. The van der Waals surface area contributed by atoms with E-state index in [1.165, 1.54) is 0 Å². The number of aromatic nitrogens is 2. The van der Waals surface area contributed by atoms with E-state index < -0.39 is 11.2 Å². The highest BCUT2D eigenvalue weighted by molar-refractivity contribution is 6.32. The van der Waals surface area contributed by atoms with Gasteiger partial charge in [0, 0.05) is 17.2 Å². The van der Waals surface area contributed by atoms with Gasteiger partial charge >= 0.3 is 5.69 Å². The molecule has 30 heavy (non-hydrogen) atoms. The highest BCUT2D eigenvalue weighted by atomic mass is 35.5. The summed E-state index contributed by atoms with van der Waals surface area (Å²) in [6.45, 7) is 3.82. The van der Waals surface area contributed by atoms with Gasteiger partial charge in [-0.25, -0.2) is 9.36 Å². The third kappa shape index (κ3) is 3.56. The molecule has 0 spiro atoms. The predicted octanol–water partition coefficient (Wildman–Crippen LogP) is 4.79. The second-order valence-electron chi connectivity index (χ2n) is 7.19. The maximum Gasteiger partial charge on any atom is 0.336 e. The smallest absolute Gasteiger partial charge is 0.290 e. The molecule has 1 heterocycles. The molecule has 4 nitrogen and oxygen atoms in total. The van der Waals surface area contributed by atoms with Crippen LogP contribution < -0.4 is 11.2 Å². The molecule has 0 radical (unpaired) electrons. The van der Waals surface area contributed by atoms with Gasteiger partial charge in [0.2, 0.25) is 0 Å². The van der Waals surface area contributed by atoms with Crippen LogP contribution >= 0.6 is 11.6 Å². The standard InChI is InChI=1S/C25H19ClN2O2/c1-17(2)27-22-11-7-6-10-20(22)24(29)28(25(27)30)23-15-14-19(16-21(23)26)13-12-18-8-4-3-5-9-18/h3-11,14-17H,1-2H3. The van der Waals surface area contributed by atoms with Crippen LogP contribution in [0.1, 0.15) is 31.0 Å². The normalized spacial score (nSPS) is 10.8. The summed E-state index contributed by atoms with van der Waals surface area (Å²) in [6.07, 6.45) is 0. The van der Waals surface area contributed by atoms with E-state index in [0.29, 0.717) is 27.2 Å². The first-order chi connectivity index (χ1) is 14.5.